The van der Waals surface area contributed by atoms with Crippen molar-refractivity contribution < 1.29 is 9.21 Å². The van der Waals surface area contributed by atoms with Crippen molar-refractivity contribution in [1.82, 2.24) is 20.1 Å². The lowest BCUT2D eigenvalue weighted by molar-refractivity contribution is -0.135. The third kappa shape index (κ3) is 7.24. The molecule has 0 radical (unpaired) electrons. The fourth-order valence-electron chi connectivity index (χ4n) is 4.59. The van der Waals surface area contributed by atoms with Gasteiger partial charge in [-0.15, -0.1) is 10.2 Å². The number of likely N-dealkylation sites (tertiary alicyclic amines) is 1. The van der Waals surface area contributed by atoms with Crippen molar-refractivity contribution in [3.8, 4) is 0 Å². The lowest BCUT2D eigenvalue weighted by Crippen LogP contribution is -2.44. The van der Waals surface area contributed by atoms with Crippen LogP contribution in [0.15, 0.2) is 59.1 Å². The van der Waals surface area contributed by atoms with Crippen LogP contribution in [-0.2, 0) is 30.5 Å². The van der Waals surface area contributed by atoms with E-state index >= 15 is 0 Å². The van der Waals surface area contributed by atoms with Crippen molar-refractivity contribution in [2.45, 2.75) is 76.7 Å². The van der Waals surface area contributed by atoms with Gasteiger partial charge in [0.05, 0.1) is 0 Å². The van der Waals surface area contributed by atoms with E-state index in [0.717, 1.165) is 63.6 Å². The Morgan fingerprint density at radius 3 is 2.52 bits per heavy atom. The first-order valence-electron chi connectivity index (χ1n) is 12.3. The maximum atomic E-state index is 13.0. The zero-order chi connectivity index (χ0) is 22.7. The molecule has 0 saturated carbocycles. The first-order valence-corrected chi connectivity index (χ1v) is 12.3. The Kier molecular flexibility index (Phi) is 8.62. The van der Waals surface area contributed by atoms with E-state index < -0.39 is 0 Å². The van der Waals surface area contributed by atoms with Gasteiger partial charge in [0.25, 0.3) is 0 Å². The molecular weight excluding hydrogens is 412 g/mol. The van der Waals surface area contributed by atoms with Crippen LogP contribution >= 0.6 is 0 Å². The first-order chi connectivity index (χ1) is 16.3. The van der Waals surface area contributed by atoms with E-state index in [1.165, 1.54) is 12.0 Å². The monoisotopic (exact) mass is 446 g/mol. The average Bonchev–Trinajstić information content (AvgIpc) is 3.33. The summed E-state index contributed by atoms with van der Waals surface area (Å²) in [7, 11) is 0. The second-order valence-electron chi connectivity index (χ2n) is 8.88. The number of hydrogen-bond acceptors (Lipinski definition) is 5. The Hall–Kier alpha value is -3.02. The van der Waals surface area contributed by atoms with Crippen LogP contribution in [0.2, 0.25) is 0 Å². The van der Waals surface area contributed by atoms with Gasteiger partial charge in [0.1, 0.15) is 0 Å². The van der Waals surface area contributed by atoms with Crippen molar-refractivity contribution in [3.63, 3.8) is 0 Å². The summed E-state index contributed by atoms with van der Waals surface area (Å²) < 4.78 is 5.80. The topological polar surface area (TPSA) is 72.1 Å². The van der Waals surface area contributed by atoms with Gasteiger partial charge < -0.3 is 9.32 Å². The Balaban J connectivity index is 1.19. The number of piperidine rings is 1. The lowest BCUT2D eigenvalue weighted by atomic mass is 9.96. The minimum Gasteiger partial charge on any atom is -0.425 e. The lowest BCUT2D eigenvalue weighted by Gasteiger charge is -2.36. The van der Waals surface area contributed by atoms with Crippen molar-refractivity contribution in [2.24, 2.45) is 0 Å². The number of hydrogen-bond donors (Lipinski definition) is 0. The predicted octanol–water partition coefficient (Wildman–Crippen LogP) is 4.98. The maximum Gasteiger partial charge on any atom is 0.223 e. The Bertz CT molecular complexity index is 974. The maximum absolute atomic E-state index is 13.0. The molecule has 1 aliphatic rings. The minimum atomic E-state index is 0.198. The molecule has 0 unspecified atom stereocenters. The van der Waals surface area contributed by atoms with Crippen molar-refractivity contribution in [1.29, 1.82) is 0 Å². The number of rotatable bonds is 11. The first kappa shape index (κ1) is 23.1. The molecule has 1 amide bonds. The highest BCUT2D eigenvalue weighted by Crippen LogP contribution is 2.22. The summed E-state index contributed by atoms with van der Waals surface area (Å²) in [5.41, 5.74) is 2.45. The number of nitrogens with zero attached hydrogens (tertiary/aromatic N) is 4. The molecule has 1 fully saturated rings. The van der Waals surface area contributed by atoms with Crippen molar-refractivity contribution in [2.75, 3.05) is 6.54 Å². The fraction of sp³-hybridized carbons (Fsp3) is 0.481. The second kappa shape index (κ2) is 12.3. The Morgan fingerprint density at radius 2 is 1.70 bits per heavy atom. The van der Waals surface area contributed by atoms with E-state index in [4.69, 9.17) is 4.42 Å². The molecule has 1 aliphatic heterocycles. The van der Waals surface area contributed by atoms with E-state index in [2.05, 4.69) is 50.4 Å². The van der Waals surface area contributed by atoms with E-state index in [9.17, 15) is 4.79 Å². The summed E-state index contributed by atoms with van der Waals surface area (Å²) in [5, 5.41) is 8.35. The summed E-state index contributed by atoms with van der Waals surface area (Å²) in [5.74, 6) is 1.45. The highest BCUT2D eigenvalue weighted by molar-refractivity contribution is 5.76. The quantitative estimate of drug-likeness (QED) is 0.389. The molecule has 0 bridgehead atoms. The molecule has 0 spiro atoms. The largest absolute Gasteiger partial charge is 0.425 e. The zero-order valence-electron chi connectivity index (χ0n) is 19.4. The summed E-state index contributed by atoms with van der Waals surface area (Å²) in [6.45, 7) is 0.849. The number of benzene rings is 1. The molecule has 174 valence electrons. The third-order valence-corrected chi connectivity index (χ3v) is 6.42. The normalized spacial score (nSPS) is 16.1. The van der Waals surface area contributed by atoms with Gasteiger partial charge in [0, 0.05) is 43.7 Å². The number of pyridine rings is 1. The van der Waals surface area contributed by atoms with Gasteiger partial charge in [-0.05, 0) is 69.1 Å². The molecule has 1 atom stereocenters. The number of carbonyl (C=O) groups excluding carboxylic acids is 1. The molecule has 3 heterocycles. The molecule has 3 aromatic rings. The summed E-state index contributed by atoms with van der Waals surface area (Å²) in [6, 6.07) is 16.8. The van der Waals surface area contributed by atoms with Crippen molar-refractivity contribution in [3.05, 3.63) is 77.8 Å². The molecule has 4 rings (SSSR count). The number of aromatic nitrogens is 3. The van der Waals surface area contributed by atoms with Gasteiger partial charge in [-0.2, -0.15) is 0 Å². The van der Waals surface area contributed by atoms with Crippen molar-refractivity contribution >= 4 is 5.91 Å². The molecule has 0 aliphatic carbocycles. The van der Waals surface area contributed by atoms with Crippen LogP contribution in [0.5, 0.6) is 0 Å². The highest BCUT2D eigenvalue weighted by atomic mass is 16.4. The molecule has 6 heteroatoms. The van der Waals surface area contributed by atoms with Crippen LogP contribution in [0.4, 0.5) is 0 Å². The predicted molar refractivity (Wildman–Crippen MR) is 128 cm³/mol. The van der Waals surface area contributed by atoms with Crippen LogP contribution in [-0.4, -0.2) is 38.6 Å². The van der Waals surface area contributed by atoms with Crippen LogP contribution in [0.3, 0.4) is 0 Å². The number of unbranched alkanes of at least 4 members (excludes halogenated alkanes) is 1. The summed E-state index contributed by atoms with van der Waals surface area (Å²) in [6.07, 6.45) is 12.0. The number of carbonyl (C=O) groups is 1. The molecule has 33 heavy (non-hydrogen) atoms. The standard InChI is InChI=1S/C27H34N4O2/c32-27(31-21-9-7-14-24(31)17-16-23-13-6-8-20-28-23)19-18-26-30-29-25(33-26)15-5-4-12-22-10-2-1-3-11-22/h1-3,6,8,10-11,13,20,24H,4-5,7,9,12,14-19,21H2/t24-/m0/s1. The van der Waals surface area contributed by atoms with Gasteiger partial charge in [-0.25, -0.2) is 0 Å². The summed E-state index contributed by atoms with van der Waals surface area (Å²) >= 11 is 0. The van der Waals surface area contributed by atoms with Gasteiger partial charge >= 0.3 is 0 Å². The van der Waals surface area contributed by atoms with E-state index in [0.29, 0.717) is 30.7 Å². The van der Waals surface area contributed by atoms with Gasteiger partial charge in [0.15, 0.2) is 0 Å². The Morgan fingerprint density at radius 1 is 0.909 bits per heavy atom. The molecule has 1 saturated heterocycles. The SMILES string of the molecule is O=C(CCc1nnc(CCCCc2ccccc2)o1)N1CCCC[C@H]1CCc1ccccn1. The van der Waals surface area contributed by atoms with E-state index in [1.807, 2.05) is 24.4 Å². The third-order valence-electron chi connectivity index (χ3n) is 6.42. The van der Waals surface area contributed by atoms with E-state index in [1.54, 1.807) is 0 Å². The van der Waals surface area contributed by atoms with Gasteiger partial charge in [-0.3, -0.25) is 9.78 Å². The molecule has 6 nitrogen and oxygen atoms in total. The second-order valence-corrected chi connectivity index (χ2v) is 8.88. The molecular formula is C27H34N4O2. The smallest absolute Gasteiger partial charge is 0.223 e. The van der Waals surface area contributed by atoms with Crippen LogP contribution < -0.4 is 0 Å². The number of amides is 1. The van der Waals surface area contributed by atoms with Crippen LogP contribution in [0.1, 0.15) is 68.0 Å². The molecule has 0 N–H and O–H groups in total. The zero-order valence-corrected chi connectivity index (χ0v) is 19.4. The van der Waals surface area contributed by atoms with Crippen LogP contribution in [0.25, 0.3) is 0 Å². The highest BCUT2D eigenvalue weighted by Gasteiger charge is 2.26. The minimum absolute atomic E-state index is 0.198. The Labute approximate surface area is 196 Å². The van der Waals surface area contributed by atoms with Gasteiger partial charge in [0.2, 0.25) is 17.7 Å². The fourth-order valence-corrected chi connectivity index (χ4v) is 4.59. The number of aryl methyl sites for hydroxylation is 4. The van der Waals surface area contributed by atoms with Crippen LogP contribution in [0, 0.1) is 0 Å². The average molecular weight is 447 g/mol. The molecule has 1 aromatic carbocycles. The molecule has 2 aromatic heterocycles. The van der Waals surface area contributed by atoms with Gasteiger partial charge in [-0.1, -0.05) is 36.4 Å². The summed E-state index contributed by atoms with van der Waals surface area (Å²) in [4.78, 5) is 19.5. The van der Waals surface area contributed by atoms with E-state index in [-0.39, 0.29) is 5.91 Å².